The van der Waals surface area contributed by atoms with Crippen LogP contribution in [0.5, 0.6) is 0 Å². The van der Waals surface area contributed by atoms with Crippen molar-refractivity contribution in [3.8, 4) is 0 Å². The maximum Gasteiger partial charge on any atom is 0.472 e. The summed E-state index contributed by atoms with van der Waals surface area (Å²) in [5.41, 5.74) is 0. The molecule has 0 aliphatic carbocycles. The van der Waals surface area contributed by atoms with Crippen LogP contribution >= 0.6 is 7.82 Å². The van der Waals surface area contributed by atoms with Crippen LogP contribution in [-0.2, 0) is 18.4 Å². The Labute approximate surface area is 500 Å². The first-order chi connectivity index (χ1) is 39.5. The molecule has 0 rings (SSSR count). The average molecular weight is 1150 g/mol. The number of rotatable bonds is 59. The van der Waals surface area contributed by atoms with E-state index in [1.165, 1.54) is 141 Å². The van der Waals surface area contributed by atoms with Crippen LogP contribution in [0.4, 0.5) is 0 Å². The molecule has 464 valence electrons. The van der Waals surface area contributed by atoms with Crippen molar-refractivity contribution in [2.45, 2.75) is 276 Å². The van der Waals surface area contributed by atoms with E-state index in [-0.39, 0.29) is 19.1 Å². The molecular formula is C72H126N2O6P+. The van der Waals surface area contributed by atoms with Gasteiger partial charge in [-0.2, -0.15) is 0 Å². The van der Waals surface area contributed by atoms with E-state index in [2.05, 4.69) is 141 Å². The molecule has 0 aromatic heterocycles. The van der Waals surface area contributed by atoms with Crippen LogP contribution in [0.1, 0.15) is 264 Å². The highest BCUT2D eigenvalue weighted by Crippen LogP contribution is 2.43. The molecule has 0 spiro atoms. The third kappa shape index (κ3) is 64.1. The maximum absolute atomic E-state index is 13.0. The third-order valence-electron chi connectivity index (χ3n) is 14.1. The third-order valence-corrected chi connectivity index (χ3v) is 15.1. The molecule has 0 aromatic carbocycles. The number of hydrogen-bond donors (Lipinski definition) is 3. The molecule has 0 radical (unpaired) electrons. The minimum Gasteiger partial charge on any atom is -0.387 e. The number of allylic oxidation sites excluding steroid dienone is 21. The fourth-order valence-electron chi connectivity index (χ4n) is 9.01. The van der Waals surface area contributed by atoms with Crippen molar-refractivity contribution in [2.75, 3.05) is 40.9 Å². The number of aliphatic hydroxyl groups is 1. The number of nitrogens with one attached hydrogen (secondary N) is 1. The number of likely N-dealkylation sites (N-methyl/N-ethyl adjacent to an activating group) is 1. The normalized spacial score (nSPS) is 14.6. The first kappa shape index (κ1) is 77.6. The largest absolute Gasteiger partial charge is 0.472 e. The molecular weight excluding hydrogens is 1020 g/mol. The number of carbonyl (C=O) groups excluding carboxylic acids is 1. The lowest BCUT2D eigenvalue weighted by molar-refractivity contribution is -0.870. The van der Waals surface area contributed by atoms with Gasteiger partial charge in [0.05, 0.1) is 39.9 Å². The fraction of sp³-hybridized carbons (Fsp3) is 0.681. The summed E-state index contributed by atoms with van der Waals surface area (Å²) in [5.74, 6) is -0.222. The number of aliphatic hydroxyl groups excluding tert-OH is 1. The summed E-state index contributed by atoms with van der Waals surface area (Å²) in [4.78, 5) is 23.4. The van der Waals surface area contributed by atoms with Crippen molar-refractivity contribution in [2.24, 2.45) is 0 Å². The van der Waals surface area contributed by atoms with E-state index in [1.807, 2.05) is 27.2 Å². The van der Waals surface area contributed by atoms with Gasteiger partial charge in [-0.1, -0.05) is 295 Å². The van der Waals surface area contributed by atoms with Gasteiger partial charge in [-0.3, -0.25) is 13.8 Å². The minimum atomic E-state index is -4.38. The van der Waals surface area contributed by atoms with Crippen LogP contribution in [-0.4, -0.2) is 73.4 Å². The van der Waals surface area contributed by atoms with Crippen molar-refractivity contribution in [1.82, 2.24) is 5.32 Å². The van der Waals surface area contributed by atoms with Gasteiger partial charge >= 0.3 is 7.82 Å². The summed E-state index contributed by atoms with van der Waals surface area (Å²) in [7, 11) is 1.53. The Bertz CT molecular complexity index is 1780. The highest BCUT2D eigenvalue weighted by Gasteiger charge is 2.27. The lowest BCUT2D eigenvalue weighted by atomic mass is 10.0. The number of phosphoric acid groups is 1. The first-order valence-corrected chi connectivity index (χ1v) is 34.6. The Kier molecular flexibility index (Phi) is 58.7. The van der Waals surface area contributed by atoms with Crippen molar-refractivity contribution in [3.63, 3.8) is 0 Å². The van der Waals surface area contributed by atoms with Crippen LogP contribution in [0.2, 0.25) is 0 Å². The molecule has 1 amide bonds. The van der Waals surface area contributed by atoms with Crippen LogP contribution in [0.25, 0.3) is 0 Å². The maximum atomic E-state index is 13.0. The Morgan fingerprint density at radius 1 is 0.432 bits per heavy atom. The molecule has 0 heterocycles. The van der Waals surface area contributed by atoms with Gasteiger partial charge in [0.1, 0.15) is 13.2 Å². The standard InChI is InChI=1S/C72H125N2O6P/c1-6-8-10-12-14-16-18-20-22-24-26-28-30-32-34-35-36-37-38-39-40-42-44-46-48-50-52-54-56-58-60-62-64-66-72(76)73-70(69-80-81(77,78)79-68-67-74(3,4)5)71(75)65-63-61-59-57-55-53-51-49-47-45-43-41-33-31-29-27-25-23-21-19-17-15-13-11-9-7-2/h8,10,14,16,20,22,26,28,32,34,36-37,39-40,44,46,50,52,56,58,63,65,70-71,75H,6-7,9,11-13,15,17-19,21,23-25,27,29-31,33,35,38,41-43,45,47-49,51,53-55,57,59-62,64,66-69H2,1-5H3,(H-,73,76,77,78)/p+1/b10-8-,16-14-,22-20-,28-26-,34-32-,37-36-,40-39-,46-44-,52-50-,58-56-,65-63+. The van der Waals surface area contributed by atoms with Crippen LogP contribution in [0.3, 0.4) is 0 Å². The Morgan fingerprint density at radius 3 is 1.09 bits per heavy atom. The number of quaternary nitrogens is 1. The second kappa shape index (κ2) is 61.2. The highest BCUT2D eigenvalue weighted by atomic mass is 31.2. The summed E-state index contributed by atoms with van der Waals surface area (Å²) in [6, 6.07) is -0.882. The summed E-state index contributed by atoms with van der Waals surface area (Å²) in [6.45, 7) is 4.68. The lowest BCUT2D eigenvalue weighted by Gasteiger charge is -2.25. The van der Waals surface area contributed by atoms with Crippen LogP contribution in [0.15, 0.2) is 134 Å². The van der Waals surface area contributed by atoms with Crippen molar-refractivity contribution < 1.29 is 32.9 Å². The number of phosphoric ester groups is 1. The van der Waals surface area contributed by atoms with Gasteiger partial charge in [0.2, 0.25) is 5.91 Å². The minimum absolute atomic E-state index is 0.0458. The number of hydrogen-bond acceptors (Lipinski definition) is 5. The molecule has 3 N–H and O–H groups in total. The quantitative estimate of drug-likeness (QED) is 0.0243. The molecule has 0 saturated heterocycles. The topological polar surface area (TPSA) is 105 Å². The van der Waals surface area contributed by atoms with Crippen molar-refractivity contribution in [1.29, 1.82) is 0 Å². The predicted molar refractivity (Wildman–Crippen MR) is 355 cm³/mol. The molecule has 0 aliphatic rings. The lowest BCUT2D eigenvalue weighted by Crippen LogP contribution is -2.45. The molecule has 0 bridgehead atoms. The molecule has 9 heteroatoms. The van der Waals surface area contributed by atoms with E-state index in [0.717, 1.165) is 96.3 Å². The van der Waals surface area contributed by atoms with Crippen LogP contribution < -0.4 is 5.32 Å². The smallest absolute Gasteiger partial charge is 0.387 e. The van der Waals surface area contributed by atoms with Crippen molar-refractivity contribution in [3.05, 3.63) is 134 Å². The van der Waals surface area contributed by atoms with Gasteiger partial charge < -0.3 is 19.8 Å². The molecule has 8 nitrogen and oxygen atoms in total. The van der Waals surface area contributed by atoms with E-state index < -0.39 is 20.0 Å². The van der Waals surface area contributed by atoms with E-state index in [0.29, 0.717) is 23.9 Å². The van der Waals surface area contributed by atoms with E-state index >= 15 is 0 Å². The van der Waals surface area contributed by atoms with Gasteiger partial charge in [-0.25, -0.2) is 4.57 Å². The summed E-state index contributed by atoms with van der Waals surface area (Å²) < 4.78 is 23.8. The van der Waals surface area contributed by atoms with E-state index in [4.69, 9.17) is 9.05 Å². The molecule has 3 atom stereocenters. The van der Waals surface area contributed by atoms with Gasteiger partial charge in [-0.15, -0.1) is 0 Å². The highest BCUT2D eigenvalue weighted by molar-refractivity contribution is 7.47. The monoisotopic (exact) mass is 1150 g/mol. The van der Waals surface area contributed by atoms with Gasteiger partial charge in [-0.05, 0) is 96.3 Å². The van der Waals surface area contributed by atoms with Gasteiger partial charge in [0.15, 0.2) is 0 Å². The predicted octanol–water partition coefficient (Wildman–Crippen LogP) is 21.0. The zero-order valence-corrected chi connectivity index (χ0v) is 53.9. The zero-order chi connectivity index (χ0) is 59.1. The number of unbranched alkanes of at least 4 members (excludes halogenated alkanes) is 26. The summed E-state index contributed by atoms with van der Waals surface area (Å²) in [6.07, 6.45) is 93.0. The van der Waals surface area contributed by atoms with E-state index in [9.17, 15) is 19.4 Å². The second-order valence-corrected chi connectivity index (χ2v) is 24.6. The molecule has 81 heavy (non-hydrogen) atoms. The number of carbonyl (C=O) groups is 1. The Balaban J connectivity index is 4.28. The van der Waals surface area contributed by atoms with Gasteiger partial charge in [0.25, 0.3) is 0 Å². The zero-order valence-electron chi connectivity index (χ0n) is 53.0. The first-order valence-electron chi connectivity index (χ1n) is 33.1. The Morgan fingerprint density at radius 2 is 0.741 bits per heavy atom. The summed E-state index contributed by atoms with van der Waals surface area (Å²) >= 11 is 0. The molecule has 3 unspecified atom stereocenters. The van der Waals surface area contributed by atoms with Crippen LogP contribution in [0, 0.1) is 0 Å². The number of amides is 1. The molecule has 0 aliphatic heterocycles. The Hall–Kier alpha value is -3.36. The number of nitrogens with zero attached hydrogens (tertiary/aromatic N) is 1. The van der Waals surface area contributed by atoms with Crippen molar-refractivity contribution >= 4 is 13.7 Å². The molecule has 0 saturated carbocycles. The van der Waals surface area contributed by atoms with E-state index in [1.54, 1.807) is 6.08 Å². The average Bonchev–Trinajstić information content (AvgIpc) is 3.43. The van der Waals surface area contributed by atoms with Gasteiger partial charge in [0, 0.05) is 6.42 Å². The molecule has 0 fully saturated rings. The SMILES string of the molecule is CC/C=C\C/C=C\C/C=C\C/C=C\C/C=C\C/C=C\C/C=C\C/C=C\C/C=C\C/C=C\CCCCC(=O)NC(COP(=O)(O)OCC[N+](C)(C)C)C(O)/C=C/CCCCCCCCCCCCCCCCCCCCCCCCCC. The second-order valence-electron chi connectivity index (χ2n) is 23.1. The summed E-state index contributed by atoms with van der Waals surface area (Å²) in [5, 5.41) is 14.0. The molecule has 0 aromatic rings. The fourth-order valence-corrected chi connectivity index (χ4v) is 9.75.